The van der Waals surface area contributed by atoms with Crippen molar-refractivity contribution in [2.75, 3.05) is 0 Å². The number of fused-ring (bicyclic) bond motifs is 1. The molecule has 0 spiro atoms. The minimum absolute atomic E-state index is 0.0433. The van der Waals surface area contributed by atoms with Crippen molar-refractivity contribution in [1.29, 1.82) is 0 Å². The summed E-state index contributed by atoms with van der Waals surface area (Å²) in [6.07, 6.45) is 1.33. The minimum Gasteiger partial charge on any atom is -0.463 e. The summed E-state index contributed by atoms with van der Waals surface area (Å²) >= 11 is 5.91. The average molecular weight is 498 g/mol. The van der Waals surface area contributed by atoms with Gasteiger partial charge in [-0.1, -0.05) is 41.4 Å². The second-order valence-electron chi connectivity index (χ2n) is 7.72. The van der Waals surface area contributed by atoms with Gasteiger partial charge in [-0.3, -0.25) is 4.79 Å². The molecule has 0 saturated carbocycles. The summed E-state index contributed by atoms with van der Waals surface area (Å²) in [5.74, 6) is -0.698. The van der Waals surface area contributed by atoms with Crippen LogP contribution in [0.15, 0.2) is 87.1 Å². The largest absolute Gasteiger partial charge is 0.463 e. The number of rotatable bonds is 6. The number of ether oxygens (including phenoxy) is 1. The van der Waals surface area contributed by atoms with E-state index in [0.29, 0.717) is 21.5 Å². The van der Waals surface area contributed by atoms with Gasteiger partial charge in [0.05, 0.1) is 15.8 Å². The lowest BCUT2D eigenvalue weighted by Crippen LogP contribution is -2.40. The van der Waals surface area contributed by atoms with Crippen molar-refractivity contribution in [3.8, 4) is 16.9 Å². The number of carbonyl (C=O) groups excluding carboxylic acids is 1. The summed E-state index contributed by atoms with van der Waals surface area (Å²) in [7, 11) is -3.91. The molecule has 0 fully saturated rings. The van der Waals surface area contributed by atoms with E-state index in [1.54, 1.807) is 36.4 Å². The first-order valence-corrected chi connectivity index (χ1v) is 12.1. The minimum atomic E-state index is -3.91. The van der Waals surface area contributed by atoms with Crippen molar-refractivity contribution < 1.29 is 22.4 Å². The molecule has 4 rings (SSSR count). The second kappa shape index (κ2) is 9.42. The fourth-order valence-corrected chi connectivity index (χ4v) is 4.59. The predicted octanol–water partition coefficient (Wildman–Crippen LogP) is 4.69. The van der Waals surface area contributed by atoms with Crippen LogP contribution in [0.1, 0.15) is 12.5 Å². The normalized spacial score (nSPS) is 12.4. The smallest absolute Gasteiger partial charge is 0.329 e. The van der Waals surface area contributed by atoms with Crippen LogP contribution in [0.4, 0.5) is 0 Å². The molecule has 0 saturated heterocycles. The fraction of sp³-hybridized carbons (Fsp3) is 0.120. The quantitative estimate of drug-likeness (QED) is 0.306. The Hall–Kier alpha value is -3.46. The van der Waals surface area contributed by atoms with Crippen LogP contribution >= 0.6 is 11.6 Å². The molecule has 0 aliphatic rings. The number of aryl methyl sites for hydroxylation is 1. The Morgan fingerprint density at radius 3 is 2.38 bits per heavy atom. The summed E-state index contributed by atoms with van der Waals surface area (Å²) in [5, 5.41) is 0.858. The van der Waals surface area contributed by atoms with Gasteiger partial charge in [-0.05, 0) is 55.8 Å². The monoisotopic (exact) mass is 497 g/mol. The third-order valence-corrected chi connectivity index (χ3v) is 6.95. The molecule has 1 heterocycles. The Morgan fingerprint density at radius 2 is 1.71 bits per heavy atom. The zero-order valence-electron chi connectivity index (χ0n) is 18.2. The van der Waals surface area contributed by atoms with Crippen molar-refractivity contribution >= 4 is 38.6 Å². The SMILES string of the molecule is Cc1ccc(S(=O)(=O)NC(C)C(=O)Oc2ccc3c(=O)c(-c4ccc(Cl)cc4)coc3c2)cc1. The molecule has 1 unspecified atom stereocenters. The first-order valence-electron chi connectivity index (χ1n) is 10.3. The molecule has 4 aromatic rings. The Morgan fingerprint density at radius 1 is 1.03 bits per heavy atom. The van der Waals surface area contributed by atoms with Crippen molar-refractivity contribution in [2.45, 2.75) is 24.8 Å². The molecule has 0 amide bonds. The van der Waals surface area contributed by atoms with E-state index in [1.807, 2.05) is 6.92 Å². The molecule has 174 valence electrons. The highest BCUT2D eigenvalue weighted by Crippen LogP contribution is 2.24. The zero-order chi connectivity index (χ0) is 24.5. The number of hydrogen-bond donors (Lipinski definition) is 1. The van der Waals surface area contributed by atoms with Gasteiger partial charge < -0.3 is 9.15 Å². The average Bonchev–Trinajstić information content (AvgIpc) is 2.80. The van der Waals surface area contributed by atoms with Crippen molar-refractivity contribution in [1.82, 2.24) is 4.72 Å². The maximum Gasteiger partial charge on any atom is 0.329 e. The first kappa shape index (κ1) is 23.7. The molecule has 1 atom stereocenters. The van der Waals surface area contributed by atoms with Gasteiger partial charge in [-0.15, -0.1) is 0 Å². The summed E-state index contributed by atoms with van der Waals surface area (Å²) in [6, 6.07) is 16.2. The lowest BCUT2D eigenvalue weighted by molar-refractivity contribution is -0.135. The van der Waals surface area contributed by atoms with Crippen LogP contribution in [0.5, 0.6) is 5.75 Å². The zero-order valence-corrected chi connectivity index (χ0v) is 19.8. The van der Waals surface area contributed by atoms with Crippen LogP contribution in [0.3, 0.4) is 0 Å². The van der Waals surface area contributed by atoms with E-state index in [2.05, 4.69) is 4.72 Å². The molecule has 1 N–H and O–H groups in total. The summed E-state index contributed by atoms with van der Waals surface area (Å²) in [6.45, 7) is 3.22. The molecule has 9 heteroatoms. The molecular weight excluding hydrogens is 478 g/mol. The van der Waals surface area contributed by atoms with Gasteiger partial charge in [0, 0.05) is 11.1 Å². The van der Waals surface area contributed by atoms with Gasteiger partial charge in [0.1, 0.15) is 23.6 Å². The van der Waals surface area contributed by atoms with Crippen LogP contribution < -0.4 is 14.9 Å². The van der Waals surface area contributed by atoms with E-state index >= 15 is 0 Å². The van der Waals surface area contributed by atoms with Crippen LogP contribution in [0.2, 0.25) is 5.02 Å². The van der Waals surface area contributed by atoms with Gasteiger partial charge >= 0.3 is 5.97 Å². The Kier molecular flexibility index (Phi) is 6.56. The molecule has 1 aromatic heterocycles. The lowest BCUT2D eigenvalue weighted by atomic mass is 10.1. The van der Waals surface area contributed by atoms with Gasteiger partial charge in [0.15, 0.2) is 5.43 Å². The Bertz CT molecular complexity index is 1530. The highest BCUT2D eigenvalue weighted by atomic mass is 35.5. The third-order valence-electron chi connectivity index (χ3n) is 5.14. The molecule has 7 nitrogen and oxygen atoms in total. The number of nitrogens with one attached hydrogen (secondary N) is 1. The van der Waals surface area contributed by atoms with Gasteiger partial charge in [0.25, 0.3) is 0 Å². The summed E-state index contributed by atoms with van der Waals surface area (Å²) in [4.78, 5) is 25.4. The van der Waals surface area contributed by atoms with Crippen molar-refractivity contribution in [3.05, 3.63) is 93.8 Å². The number of benzene rings is 3. The van der Waals surface area contributed by atoms with Crippen LogP contribution in [-0.2, 0) is 14.8 Å². The molecule has 0 bridgehead atoms. The van der Waals surface area contributed by atoms with Crippen LogP contribution in [0.25, 0.3) is 22.1 Å². The van der Waals surface area contributed by atoms with Gasteiger partial charge in [-0.2, -0.15) is 4.72 Å². The Labute approximate surface area is 201 Å². The van der Waals surface area contributed by atoms with E-state index in [9.17, 15) is 18.0 Å². The highest BCUT2D eigenvalue weighted by molar-refractivity contribution is 7.89. The second-order valence-corrected chi connectivity index (χ2v) is 9.87. The molecular formula is C25H20ClNO6S. The molecule has 3 aromatic carbocycles. The number of sulfonamides is 1. The summed E-state index contributed by atoms with van der Waals surface area (Å²) in [5.41, 5.74) is 1.91. The van der Waals surface area contributed by atoms with Crippen molar-refractivity contribution in [2.24, 2.45) is 0 Å². The maximum absolute atomic E-state index is 12.9. The summed E-state index contributed by atoms with van der Waals surface area (Å²) < 4.78 is 38.2. The van der Waals surface area contributed by atoms with Gasteiger partial charge in [0.2, 0.25) is 10.0 Å². The van der Waals surface area contributed by atoms with Crippen LogP contribution in [-0.4, -0.2) is 20.4 Å². The first-order chi connectivity index (χ1) is 16.1. The van der Waals surface area contributed by atoms with E-state index in [-0.39, 0.29) is 21.7 Å². The number of hydrogen-bond acceptors (Lipinski definition) is 6. The predicted molar refractivity (Wildman–Crippen MR) is 130 cm³/mol. The number of carbonyl (C=O) groups is 1. The standard InChI is InChI=1S/C25H20ClNO6S/c1-15-3-10-20(11-4-15)34(30,31)27-16(2)25(29)33-19-9-12-21-23(13-19)32-14-22(24(21)28)17-5-7-18(26)8-6-17/h3-14,16,27H,1-2H3. The molecule has 0 aliphatic carbocycles. The van der Waals surface area contributed by atoms with E-state index in [0.717, 1.165) is 5.56 Å². The lowest BCUT2D eigenvalue weighted by Gasteiger charge is -2.14. The van der Waals surface area contributed by atoms with Crippen molar-refractivity contribution in [3.63, 3.8) is 0 Å². The topological polar surface area (TPSA) is 103 Å². The number of halogens is 1. The number of esters is 1. The van der Waals surface area contributed by atoms with E-state index in [4.69, 9.17) is 20.8 Å². The maximum atomic E-state index is 12.9. The Balaban J connectivity index is 1.52. The van der Waals surface area contributed by atoms with Gasteiger partial charge in [-0.25, -0.2) is 13.2 Å². The molecule has 0 radical (unpaired) electrons. The molecule has 34 heavy (non-hydrogen) atoms. The van der Waals surface area contributed by atoms with Crippen LogP contribution in [0, 0.1) is 6.92 Å². The van der Waals surface area contributed by atoms with E-state index in [1.165, 1.54) is 43.5 Å². The highest BCUT2D eigenvalue weighted by Gasteiger charge is 2.24. The van der Waals surface area contributed by atoms with E-state index < -0.39 is 22.0 Å². The fourth-order valence-electron chi connectivity index (χ4n) is 3.27. The third kappa shape index (κ3) is 5.04. The molecule has 0 aliphatic heterocycles.